The van der Waals surface area contributed by atoms with Crippen molar-refractivity contribution in [2.24, 2.45) is 5.92 Å². The highest BCUT2D eigenvalue weighted by Crippen LogP contribution is 2.37. The summed E-state index contributed by atoms with van der Waals surface area (Å²) in [6, 6.07) is 17.0. The molecule has 7 heteroatoms. The van der Waals surface area contributed by atoms with Crippen LogP contribution in [0.5, 0.6) is 0 Å². The highest BCUT2D eigenvalue weighted by atomic mass is 35.5. The van der Waals surface area contributed by atoms with Crippen LogP contribution in [0.15, 0.2) is 58.5 Å². The van der Waals surface area contributed by atoms with Crippen LogP contribution >= 0.6 is 34.7 Å². The van der Waals surface area contributed by atoms with E-state index in [4.69, 9.17) is 21.8 Å². The molecule has 0 saturated heterocycles. The van der Waals surface area contributed by atoms with Crippen LogP contribution in [0, 0.1) is 17.2 Å². The Morgan fingerprint density at radius 2 is 1.97 bits per heavy atom. The molecule has 0 N–H and O–H groups in total. The topological polar surface area (TPSA) is 58.7 Å². The van der Waals surface area contributed by atoms with Gasteiger partial charge in [0.1, 0.15) is 4.83 Å². The smallest absolute Gasteiger partial charge is 0.267 e. The largest absolute Gasteiger partial charge is 0.268 e. The number of hydrogen-bond acceptors (Lipinski definition) is 5. The molecule has 2 heterocycles. The Morgan fingerprint density at radius 3 is 2.69 bits per heavy atom. The number of nitrogens with zero attached hydrogens (tertiary/aromatic N) is 3. The molecule has 0 bridgehead atoms. The average molecular weight is 478 g/mol. The van der Waals surface area contributed by atoms with Crippen LogP contribution < -0.4 is 5.56 Å². The highest BCUT2D eigenvalue weighted by molar-refractivity contribution is 7.98. The molecule has 4 aromatic rings. The maximum absolute atomic E-state index is 13.8. The number of fused-ring (bicyclic) bond motifs is 3. The summed E-state index contributed by atoms with van der Waals surface area (Å²) >= 11 is 9.30. The molecule has 1 aliphatic rings. The van der Waals surface area contributed by atoms with Gasteiger partial charge in [-0.3, -0.25) is 9.36 Å². The number of thiophene rings is 1. The van der Waals surface area contributed by atoms with Gasteiger partial charge in [0.15, 0.2) is 5.16 Å². The zero-order valence-electron chi connectivity index (χ0n) is 17.5. The van der Waals surface area contributed by atoms with Crippen LogP contribution in [-0.2, 0) is 18.6 Å². The maximum Gasteiger partial charge on any atom is 0.267 e. The lowest BCUT2D eigenvalue weighted by Crippen LogP contribution is -2.22. The molecular formula is C25H20ClN3OS2. The Morgan fingerprint density at radius 1 is 1.22 bits per heavy atom. The van der Waals surface area contributed by atoms with Crippen LogP contribution in [0.3, 0.4) is 0 Å². The fourth-order valence-corrected chi connectivity index (χ4v) is 6.63. The van der Waals surface area contributed by atoms with Crippen LogP contribution in [0.25, 0.3) is 15.9 Å². The molecular weight excluding hydrogens is 458 g/mol. The lowest BCUT2D eigenvalue weighted by atomic mass is 9.89. The van der Waals surface area contributed by atoms with Gasteiger partial charge >= 0.3 is 0 Å². The van der Waals surface area contributed by atoms with Crippen LogP contribution in [-0.4, -0.2) is 9.55 Å². The molecule has 0 fully saturated rings. The van der Waals surface area contributed by atoms with E-state index in [0.717, 1.165) is 40.7 Å². The Hall–Kier alpha value is -2.59. The van der Waals surface area contributed by atoms with E-state index in [-0.39, 0.29) is 5.56 Å². The summed E-state index contributed by atoms with van der Waals surface area (Å²) < 4.78 is 1.72. The van der Waals surface area contributed by atoms with Crippen molar-refractivity contribution in [2.45, 2.75) is 37.1 Å². The lowest BCUT2D eigenvalue weighted by Gasteiger charge is -2.18. The molecule has 1 unspecified atom stereocenters. The van der Waals surface area contributed by atoms with Crippen molar-refractivity contribution in [3.63, 3.8) is 0 Å². The Kier molecular flexibility index (Phi) is 5.81. The summed E-state index contributed by atoms with van der Waals surface area (Å²) in [5, 5.41) is 11.1. The standard InChI is InChI=1S/C25H20ClN3OS2/c1-15-2-11-20-21(12-15)32-23-22(20)24(30)29(19-9-7-18(26)8-10-19)25(28-23)31-14-17-5-3-16(13-27)4-6-17/h3-10,15H,2,11-12,14H2,1H3. The van der Waals surface area contributed by atoms with E-state index in [0.29, 0.717) is 27.4 Å². The number of thioether (sulfide) groups is 1. The van der Waals surface area contributed by atoms with Crippen molar-refractivity contribution in [3.8, 4) is 11.8 Å². The van der Waals surface area contributed by atoms with E-state index in [1.807, 2.05) is 36.4 Å². The zero-order valence-corrected chi connectivity index (χ0v) is 19.9. The normalized spacial score (nSPS) is 15.5. The van der Waals surface area contributed by atoms with E-state index in [9.17, 15) is 4.79 Å². The number of halogens is 1. The van der Waals surface area contributed by atoms with Crippen LogP contribution in [0.4, 0.5) is 0 Å². The first kappa shape index (κ1) is 21.3. The third-order valence-corrected chi connectivity index (χ3v) is 8.24. The molecule has 5 rings (SSSR count). The van der Waals surface area contributed by atoms with E-state index >= 15 is 0 Å². The lowest BCUT2D eigenvalue weighted by molar-refractivity contribution is 0.509. The van der Waals surface area contributed by atoms with Gasteiger partial charge < -0.3 is 0 Å². The first-order valence-corrected chi connectivity index (χ1v) is 12.7. The number of benzene rings is 2. The second-order valence-corrected chi connectivity index (χ2v) is 10.6. The predicted octanol–water partition coefficient (Wildman–Crippen LogP) is 6.39. The van der Waals surface area contributed by atoms with E-state index in [2.05, 4.69) is 13.0 Å². The molecule has 0 amide bonds. The molecule has 160 valence electrons. The second kappa shape index (κ2) is 8.74. The van der Waals surface area contributed by atoms with Gasteiger partial charge in [-0.25, -0.2) is 4.98 Å². The Balaban J connectivity index is 1.62. The van der Waals surface area contributed by atoms with Gasteiger partial charge in [0.25, 0.3) is 5.56 Å². The predicted molar refractivity (Wildman–Crippen MR) is 132 cm³/mol. The van der Waals surface area contributed by atoms with E-state index in [1.165, 1.54) is 22.2 Å². The fourth-order valence-electron chi connectivity index (χ4n) is 4.11. The van der Waals surface area contributed by atoms with Crippen molar-refractivity contribution in [1.82, 2.24) is 9.55 Å². The zero-order chi connectivity index (χ0) is 22.2. The number of rotatable bonds is 4. The summed E-state index contributed by atoms with van der Waals surface area (Å²) in [6.45, 7) is 2.27. The molecule has 4 nitrogen and oxygen atoms in total. The average Bonchev–Trinajstić information content (AvgIpc) is 3.16. The van der Waals surface area contributed by atoms with Gasteiger partial charge in [-0.2, -0.15) is 5.26 Å². The SMILES string of the molecule is CC1CCc2c(sc3nc(SCc4ccc(C#N)cc4)n(-c4ccc(Cl)cc4)c(=O)c23)C1. The Labute approximate surface area is 199 Å². The minimum absolute atomic E-state index is 0.00768. The van der Waals surface area contributed by atoms with Gasteiger partial charge in [-0.15, -0.1) is 11.3 Å². The van der Waals surface area contributed by atoms with Gasteiger partial charge in [-0.1, -0.05) is 42.4 Å². The van der Waals surface area contributed by atoms with Crippen LogP contribution in [0.2, 0.25) is 5.02 Å². The van der Waals surface area contributed by atoms with Gasteiger partial charge in [0.2, 0.25) is 0 Å². The molecule has 1 aliphatic carbocycles. The van der Waals surface area contributed by atoms with Crippen molar-refractivity contribution in [1.29, 1.82) is 5.26 Å². The molecule has 1 atom stereocenters. The minimum Gasteiger partial charge on any atom is -0.268 e. The highest BCUT2D eigenvalue weighted by Gasteiger charge is 2.25. The maximum atomic E-state index is 13.8. The molecule has 0 spiro atoms. The van der Waals surface area contributed by atoms with E-state index < -0.39 is 0 Å². The van der Waals surface area contributed by atoms with Gasteiger partial charge in [0, 0.05) is 15.7 Å². The van der Waals surface area contributed by atoms with Gasteiger partial charge in [0.05, 0.1) is 22.7 Å². The number of hydrogen-bond donors (Lipinski definition) is 0. The van der Waals surface area contributed by atoms with Crippen molar-refractivity contribution in [2.75, 3.05) is 0 Å². The molecule has 2 aromatic carbocycles. The van der Waals surface area contributed by atoms with E-state index in [1.54, 1.807) is 28.0 Å². The minimum atomic E-state index is -0.00768. The summed E-state index contributed by atoms with van der Waals surface area (Å²) in [5.41, 5.74) is 3.65. The molecule has 0 radical (unpaired) electrons. The van der Waals surface area contributed by atoms with Gasteiger partial charge in [-0.05, 0) is 72.7 Å². The summed E-state index contributed by atoms with van der Waals surface area (Å²) in [6.07, 6.45) is 3.06. The van der Waals surface area contributed by atoms with Crippen molar-refractivity contribution >= 4 is 44.9 Å². The quantitative estimate of drug-likeness (QED) is 0.252. The molecule has 32 heavy (non-hydrogen) atoms. The van der Waals surface area contributed by atoms with Crippen molar-refractivity contribution in [3.05, 3.63) is 85.5 Å². The number of nitriles is 1. The third-order valence-electron chi connectivity index (χ3n) is 5.83. The second-order valence-electron chi connectivity index (χ2n) is 8.14. The van der Waals surface area contributed by atoms with Crippen LogP contribution in [0.1, 0.15) is 34.9 Å². The number of aromatic nitrogens is 2. The van der Waals surface area contributed by atoms with Crippen molar-refractivity contribution < 1.29 is 0 Å². The monoisotopic (exact) mass is 477 g/mol. The fraction of sp³-hybridized carbons (Fsp3) is 0.240. The molecule has 2 aromatic heterocycles. The summed E-state index contributed by atoms with van der Waals surface area (Å²) in [7, 11) is 0. The number of aryl methyl sites for hydroxylation is 1. The third kappa shape index (κ3) is 3.97. The summed E-state index contributed by atoms with van der Waals surface area (Å²) in [4.78, 5) is 20.9. The molecule has 0 aliphatic heterocycles. The summed E-state index contributed by atoms with van der Waals surface area (Å²) in [5.74, 6) is 1.29. The first-order chi connectivity index (χ1) is 15.5. The molecule has 0 saturated carbocycles. The first-order valence-electron chi connectivity index (χ1n) is 10.5. The Bertz CT molecular complexity index is 1400.